The summed E-state index contributed by atoms with van der Waals surface area (Å²) in [5.74, 6) is 0.985. The Bertz CT molecular complexity index is 638. The van der Waals surface area contributed by atoms with Crippen LogP contribution < -0.4 is 5.32 Å². The Balaban J connectivity index is 1.59. The van der Waals surface area contributed by atoms with Crippen LogP contribution in [0.2, 0.25) is 0 Å². The summed E-state index contributed by atoms with van der Waals surface area (Å²) in [7, 11) is 0. The third-order valence-corrected chi connectivity index (χ3v) is 5.32. The van der Waals surface area contributed by atoms with Crippen molar-refractivity contribution >= 4 is 27.4 Å². The molecule has 0 spiro atoms. The zero-order valence-corrected chi connectivity index (χ0v) is 14.7. The monoisotopic (exact) mass is 335 g/mol. The van der Waals surface area contributed by atoms with Crippen molar-refractivity contribution < 1.29 is 9.47 Å². The molecular formula is C17H25N3O2S. The summed E-state index contributed by atoms with van der Waals surface area (Å²) in [5.41, 5.74) is 1.47. The van der Waals surface area contributed by atoms with Crippen molar-refractivity contribution in [3.8, 4) is 0 Å². The zero-order chi connectivity index (χ0) is 16.1. The van der Waals surface area contributed by atoms with Crippen molar-refractivity contribution in [1.82, 2.24) is 9.97 Å². The first kappa shape index (κ1) is 16.6. The van der Waals surface area contributed by atoms with Crippen LogP contribution in [-0.4, -0.2) is 36.0 Å². The third kappa shape index (κ3) is 3.82. The molecule has 0 atom stereocenters. The summed E-state index contributed by atoms with van der Waals surface area (Å²) in [4.78, 5) is 11.5. The van der Waals surface area contributed by atoms with Crippen LogP contribution in [0, 0.1) is 0 Å². The molecule has 1 aliphatic carbocycles. The van der Waals surface area contributed by atoms with Crippen LogP contribution in [-0.2, 0) is 22.3 Å². The molecule has 0 saturated heterocycles. The van der Waals surface area contributed by atoms with Gasteiger partial charge in [0, 0.05) is 31.1 Å². The lowest BCUT2D eigenvalue weighted by molar-refractivity contribution is -0.139. The van der Waals surface area contributed by atoms with Gasteiger partial charge >= 0.3 is 0 Å². The summed E-state index contributed by atoms with van der Waals surface area (Å²) in [5, 5.41) is 4.73. The molecule has 0 saturated carbocycles. The summed E-state index contributed by atoms with van der Waals surface area (Å²) >= 11 is 1.83. The van der Waals surface area contributed by atoms with Gasteiger partial charge in [-0.05, 0) is 45.1 Å². The van der Waals surface area contributed by atoms with Gasteiger partial charge in [-0.15, -0.1) is 11.3 Å². The maximum atomic E-state index is 5.58. The fourth-order valence-corrected chi connectivity index (χ4v) is 4.35. The van der Waals surface area contributed by atoms with E-state index >= 15 is 0 Å². The summed E-state index contributed by atoms with van der Waals surface area (Å²) in [6.07, 6.45) is 7.07. The van der Waals surface area contributed by atoms with Crippen LogP contribution in [0.4, 0.5) is 5.82 Å². The lowest BCUT2D eigenvalue weighted by Gasteiger charge is -2.17. The summed E-state index contributed by atoms with van der Waals surface area (Å²) in [6.45, 7) is 6.24. The van der Waals surface area contributed by atoms with E-state index < -0.39 is 0 Å². The molecule has 2 aromatic rings. The second-order valence-electron chi connectivity index (χ2n) is 5.67. The van der Waals surface area contributed by atoms with Gasteiger partial charge in [-0.2, -0.15) is 0 Å². The van der Waals surface area contributed by atoms with E-state index in [4.69, 9.17) is 9.47 Å². The number of rotatable bonds is 9. The molecule has 5 nitrogen and oxygen atoms in total. The molecule has 3 rings (SSSR count). The largest absolute Gasteiger partial charge is 0.369 e. The highest BCUT2D eigenvalue weighted by molar-refractivity contribution is 7.19. The van der Waals surface area contributed by atoms with Crippen molar-refractivity contribution in [2.24, 2.45) is 0 Å². The molecule has 2 heterocycles. The second kappa shape index (κ2) is 8.04. The highest BCUT2D eigenvalue weighted by atomic mass is 32.1. The Morgan fingerprint density at radius 3 is 2.83 bits per heavy atom. The van der Waals surface area contributed by atoms with Crippen LogP contribution in [0.25, 0.3) is 10.2 Å². The number of hydrogen-bond acceptors (Lipinski definition) is 6. The topological polar surface area (TPSA) is 56.3 Å². The van der Waals surface area contributed by atoms with Gasteiger partial charge in [-0.1, -0.05) is 0 Å². The van der Waals surface area contributed by atoms with Crippen LogP contribution in [0.3, 0.4) is 0 Å². The maximum Gasteiger partial charge on any atom is 0.157 e. The Morgan fingerprint density at radius 1 is 1.22 bits per heavy atom. The van der Waals surface area contributed by atoms with Gasteiger partial charge in [0.2, 0.25) is 0 Å². The van der Waals surface area contributed by atoms with Crippen LogP contribution in [0.1, 0.15) is 43.6 Å². The maximum absolute atomic E-state index is 5.58. The minimum atomic E-state index is -0.0948. The van der Waals surface area contributed by atoms with E-state index in [1.165, 1.54) is 28.7 Å². The predicted molar refractivity (Wildman–Crippen MR) is 94.2 cm³/mol. The molecule has 2 aromatic heterocycles. The lowest BCUT2D eigenvalue weighted by Crippen LogP contribution is -2.18. The van der Waals surface area contributed by atoms with E-state index in [2.05, 4.69) is 15.3 Å². The van der Waals surface area contributed by atoms with Crippen molar-refractivity contribution in [3.63, 3.8) is 0 Å². The van der Waals surface area contributed by atoms with E-state index in [-0.39, 0.29) is 6.29 Å². The molecule has 23 heavy (non-hydrogen) atoms. The van der Waals surface area contributed by atoms with E-state index in [1.54, 1.807) is 6.33 Å². The van der Waals surface area contributed by atoms with Gasteiger partial charge in [0.15, 0.2) is 6.29 Å². The molecule has 1 N–H and O–H groups in total. The first-order valence-corrected chi connectivity index (χ1v) is 9.37. The molecule has 0 aliphatic heterocycles. The molecule has 1 aliphatic rings. The van der Waals surface area contributed by atoms with Crippen LogP contribution >= 0.6 is 11.3 Å². The van der Waals surface area contributed by atoms with E-state index in [0.717, 1.165) is 36.5 Å². The molecular weight excluding hydrogens is 310 g/mol. The van der Waals surface area contributed by atoms with Gasteiger partial charge in [0.25, 0.3) is 0 Å². The second-order valence-corrected chi connectivity index (χ2v) is 6.75. The number of aryl methyl sites for hydroxylation is 2. The van der Waals surface area contributed by atoms with E-state index in [1.807, 2.05) is 25.2 Å². The number of fused-ring (bicyclic) bond motifs is 3. The Labute approximate surface area is 141 Å². The Morgan fingerprint density at radius 2 is 2.04 bits per heavy atom. The normalized spacial score (nSPS) is 13.9. The molecule has 126 valence electrons. The SMILES string of the molecule is CCOC(CCCNc1ncnc2sc3c(c12)CCC3)OCC. The minimum absolute atomic E-state index is 0.0948. The van der Waals surface area contributed by atoms with Crippen molar-refractivity contribution in [2.45, 2.75) is 52.2 Å². The Hall–Kier alpha value is -1.24. The van der Waals surface area contributed by atoms with Gasteiger partial charge in [0.1, 0.15) is 17.0 Å². The highest BCUT2D eigenvalue weighted by Gasteiger charge is 2.21. The van der Waals surface area contributed by atoms with Crippen LogP contribution in [0.5, 0.6) is 0 Å². The lowest BCUT2D eigenvalue weighted by atomic mass is 10.2. The molecule has 0 unspecified atom stereocenters. The highest BCUT2D eigenvalue weighted by Crippen LogP contribution is 2.38. The van der Waals surface area contributed by atoms with E-state index in [9.17, 15) is 0 Å². The van der Waals surface area contributed by atoms with E-state index in [0.29, 0.717) is 13.2 Å². The molecule has 0 radical (unpaired) electrons. The average Bonchev–Trinajstić information content (AvgIpc) is 3.12. The fraction of sp³-hybridized carbons (Fsp3) is 0.647. The zero-order valence-electron chi connectivity index (χ0n) is 13.9. The first-order valence-electron chi connectivity index (χ1n) is 8.55. The minimum Gasteiger partial charge on any atom is -0.369 e. The predicted octanol–water partition coefficient (Wildman–Crippen LogP) is 3.77. The standard InChI is InChI=1S/C17H25N3O2S/c1-3-21-14(22-4-2)9-6-10-18-16-15-12-7-5-8-13(12)23-17(15)20-11-19-16/h11,14H,3-10H2,1-2H3,(H,18,19,20). The number of hydrogen-bond donors (Lipinski definition) is 1. The smallest absolute Gasteiger partial charge is 0.157 e. The summed E-state index contributed by atoms with van der Waals surface area (Å²) in [6, 6.07) is 0. The average molecular weight is 335 g/mol. The molecule has 0 aromatic carbocycles. The van der Waals surface area contributed by atoms with Gasteiger partial charge in [0.05, 0.1) is 5.39 Å². The van der Waals surface area contributed by atoms with Gasteiger partial charge < -0.3 is 14.8 Å². The number of thiophene rings is 1. The van der Waals surface area contributed by atoms with Crippen molar-refractivity contribution in [1.29, 1.82) is 0 Å². The summed E-state index contributed by atoms with van der Waals surface area (Å²) < 4.78 is 11.2. The molecule has 0 amide bonds. The number of ether oxygens (including phenoxy) is 2. The third-order valence-electron chi connectivity index (χ3n) is 4.12. The number of nitrogens with one attached hydrogen (secondary N) is 1. The van der Waals surface area contributed by atoms with Gasteiger partial charge in [-0.3, -0.25) is 0 Å². The molecule has 0 bridgehead atoms. The van der Waals surface area contributed by atoms with Crippen molar-refractivity contribution in [3.05, 3.63) is 16.8 Å². The van der Waals surface area contributed by atoms with Gasteiger partial charge in [-0.25, -0.2) is 9.97 Å². The number of nitrogens with zero attached hydrogens (tertiary/aromatic N) is 2. The van der Waals surface area contributed by atoms with Crippen LogP contribution in [0.15, 0.2) is 6.33 Å². The van der Waals surface area contributed by atoms with Crippen molar-refractivity contribution in [2.75, 3.05) is 25.1 Å². The molecule has 6 heteroatoms. The Kier molecular flexibility index (Phi) is 5.80. The quantitative estimate of drug-likeness (QED) is 0.558. The fourth-order valence-electron chi connectivity index (χ4n) is 3.12. The molecule has 0 fully saturated rings. The number of anilines is 1. The first-order chi connectivity index (χ1) is 11.3. The number of aromatic nitrogens is 2.